The molecule has 10 nitrogen and oxygen atoms in total. The number of amides is 1. The minimum absolute atomic E-state index is 0.000908. The molecule has 1 spiro atoms. The SMILES string of the molecule is COC1=C[C@]23CCCN2CCc2cc4c(cc2[C@@H]3[C@@H]1OC(=O)[C@@](O)(CCCC(C)(C)O)CC(=O)N1CCCC(C)C1)OCO4. The Balaban J connectivity index is 1.32. The van der Waals surface area contributed by atoms with Gasteiger partial charge in [-0.25, -0.2) is 4.79 Å². The van der Waals surface area contributed by atoms with Crippen LogP contribution in [-0.4, -0.2) is 94.8 Å². The lowest BCUT2D eigenvalue weighted by atomic mass is 9.77. The van der Waals surface area contributed by atoms with Gasteiger partial charge in [0, 0.05) is 19.6 Å². The van der Waals surface area contributed by atoms with Crippen LogP contribution in [0, 0.1) is 5.92 Å². The Labute approximate surface area is 260 Å². The van der Waals surface area contributed by atoms with E-state index in [1.165, 1.54) is 0 Å². The predicted octanol–water partition coefficient (Wildman–Crippen LogP) is 3.67. The van der Waals surface area contributed by atoms with Gasteiger partial charge in [0.1, 0.15) is 5.76 Å². The first kappa shape index (κ1) is 31.2. The third-order valence-corrected chi connectivity index (χ3v) is 10.4. The van der Waals surface area contributed by atoms with Gasteiger partial charge in [-0.15, -0.1) is 0 Å². The van der Waals surface area contributed by atoms with Crippen LogP contribution in [0.25, 0.3) is 0 Å². The number of fused-ring (bicyclic) bond motifs is 3. The lowest BCUT2D eigenvalue weighted by Crippen LogP contribution is -2.51. The fourth-order valence-electron chi connectivity index (χ4n) is 8.17. The molecule has 0 bridgehead atoms. The standard InChI is InChI=1S/C34H48N2O8/c1-22-8-5-13-35(20-22)28(37)19-34(40,12-6-10-32(2,3)39)31(38)44-30-27(41-4)18-33-11-7-14-36(33)15-9-23-16-25-26(43-21-42-25)17-24(23)29(30)33/h16-18,22,29-30,39-40H,5-15,19-21H2,1-4H3/t22?,29-,30-,33+,34-/m1/s1. The highest BCUT2D eigenvalue weighted by Crippen LogP contribution is 2.55. The maximum Gasteiger partial charge on any atom is 0.339 e. The molecular formula is C34H48N2O8. The van der Waals surface area contributed by atoms with Gasteiger partial charge in [0.2, 0.25) is 12.7 Å². The number of methoxy groups -OCH3 is 1. The van der Waals surface area contributed by atoms with E-state index >= 15 is 0 Å². The lowest BCUT2D eigenvalue weighted by Gasteiger charge is -2.40. The fourth-order valence-corrected chi connectivity index (χ4v) is 8.17. The van der Waals surface area contributed by atoms with Crippen molar-refractivity contribution in [3.8, 4) is 11.5 Å². The highest BCUT2D eigenvalue weighted by atomic mass is 16.7. The molecule has 10 heteroatoms. The second kappa shape index (κ2) is 11.8. The Morgan fingerprint density at radius 3 is 2.59 bits per heavy atom. The van der Waals surface area contributed by atoms with E-state index in [0.717, 1.165) is 62.1 Å². The Morgan fingerprint density at radius 1 is 1.09 bits per heavy atom. The van der Waals surface area contributed by atoms with Gasteiger partial charge in [0.15, 0.2) is 23.2 Å². The van der Waals surface area contributed by atoms with E-state index in [-0.39, 0.29) is 31.5 Å². The molecule has 2 N–H and O–H groups in total. The molecule has 0 radical (unpaired) electrons. The average molecular weight is 613 g/mol. The first-order chi connectivity index (χ1) is 20.9. The highest BCUT2D eigenvalue weighted by Gasteiger charge is 2.59. The van der Waals surface area contributed by atoms with Gasteiger partial charge in [0.25, 0.3) is 0 Å². The van der Waals surface area contributed by atoms with Gasteiger partial charge in [-0.3, -0.25) is 9.69 Å². The summed E-state index contributed by atoms with van der Waals surface area (Å²) in [4.78, 5) is 32.0. The number of hydrogen-bond acceptors (Lipinski definition) is 9. The summed E-state index contributed by atoms with van der Waals surface area (Å²) in [5.74, 6) is 0.953. The van der Waals surface area contributed by atoms with Crippen molar-refractivity contribution in [1.29, 1.82) is 0 Å². The van der Waals surface area contributed by atoms with Crippen molar-refractivity contribution in [3.63, 3.8) is 0 Å². The van der Waals surface area contributed by atoms with E-state index in [0.29, 0.717) is 43.4 Å². The Bertz CT molecular complexity index is 1310. The number of piperidine rings is 1. The van der Waals surface area contributed by atoms with Crippen LogP contribution in [0.4, 0.5) is 0 Å². The summed E-state index contributed by atoms with van der Waals surface area (Å²) in [6, 6.07) is 4.07. The molecule has 2 fully saturated rings. The highest BCUT2D eigenvalue weighted by molar-refractivity contribution is 5.88. The van der Waals surface area contributed by atoms with Gasteiger partial charge in [0.05, 0.1) is 30.6 Å². The molecule has 4 heterocycles. The summed E-state index contributed by atoms with van der Waals surface area (Å²) in [5.41, 5.74) is -1.27. The monoisotopic (exact) mass is 612 g/mol. The van der Waals surface area contributed by atoms with Crippen molar-refractivity contribution < 1.29 is 38.7 Å². The van der Waals surface area contributed by atoms with E-state index in [2.05, 4.69) is 17.9 Å². The number of nitrogens with zero attached hydrogens (tertiary/aromatic N) is 2. The Hall–Kier alpha value is -2.82. The van der Waals surface area contributed by atoms with Crippen LogP contribution >= 0.6 is 0 Å². The van der Waals surface area contributed by atoms with Gasteiger partial charge >= 0.3 is 5.97 Å². The predicted molar refractivity (Wildman–Crippen MR) is 162 cm³/mol. The number of esters is 1. The molecule has 242 valence electrons. The third kappa shape index (κ3) is 5.81. The number of likely N-dealkylation sites (tertiary alicyclic amines) is 1. The van der Waals surface area contributed by atoms with Crippen molar-refractivity contribution in [3.05, 3.63) is 35.1 Å². The van der Waals surface area contributed by atoms with Crippen LogP contribution in [0.2, 0.25) is 0 Å². The number of carbonyl (C=O) groups is 2. The Kier molecular flexibility index (Phi) is 8.39. The van der Waals surface area contributed by atoms with Crippen LogP contribution in [0.1, 0.15) is 89.2 Å². The normalized spacial score (nSPS) is 29.2. The second-order valence-electron chi connectivity index (χ2n) is 14.3. The van der Waals surface area contributed by atoms with Crippen LogP contribution < -0.4 is 9.47 Å². The van der Waals surface area contributed by atoms with E-state index in [9.17, 15) is 19.8 Å². The second-order valence-corrected chi connectivity index (χ2v) is 14.3. The summed E-state index contributed by atoms with van der Waals surface area (Å²) in [7, 11) is 1.59. The first-order valence-corrected chi connectivity index (χ1v) is 16.3. The summed E-state index contributed by atoms with van der Waals surface area (Å²) < 4.78 is 23.7. The van der Waals surface area contributed by atoms with E-state index < -0.39 is 28.8 Å². The van der Waals surface area contributed by atoms with E-state index in [4.69, 9.17) is 18.9 Å². The molecule has 4 aliphatic heterocycles. The molecule has 1 aromatic rings. The quantitative estimate of drug-likeness (QED) is 0.403. The van der Waals surface area contributed by atoms with Crippen LogP contribution in [-0.2, 0) is 25.5 Å². The largest absolute Gasteiger partial charge is 0.497 e. The molecule has 5 aliphatic rings. The first-order valence-electron chi connectivity index (χ1n) is 16.3. The van der Waals surface area contributed by atoms with Crippen LogP contribution in [0.3, 0.4) is 0 Å². The molecule has 1 unspecified atom stereocenters. The Morgan fingerprint density at radius 2 is 1.86 bits per heavy atom. The molecule has 6 rings (SSSR count). The topological polar surface area (TPSA) is 118 Å². The molecule has 0 aromatic heterocycles. The smallest absolute Gasteiger partial charge is 0.339 e. The van der Waals surface area contributed by atoms with Crippen molar-refractivity contribution >= 4 is 11.9 Å². The number of carbonyl (C=O) groups excluding carboxylic acids is 2. The summed E-state index contributed by atoms with van der Waals surface area (Å²) in [6.07, 6.45) is 6.35. The van der Waals surface area contributed by atoms with Crippen molar-refractivity contribution in [1.82, 2.24) is 9.80 Å². The zero-order chi connectivity index (χ0) is 31.3. The third-order valence-electron chi connectivity index (χ3n) is 10.4. The maximum absolute atomic E-state index is 14.2. The van der Waals surface area contributed by atoms with Crippen molar-refractivity contribution in [2.75, 3.05) is 40.1 Å². The van der Waals surface area contributed by atoms with Gasteiger partial charge in [-0.2, -0.15) is 0 Å². The van der Waals surface area contributed by atoms with Crippen molar-refractivity contribution in [2.45, 2.75) is 107 Å². The molecule has 1 aromatic carbocycles. The molecule has 44 heavy (non-hydrogen) atoms. The number of ether oxygens (including phenoxy) is 4. The maximum atomic E-state index is 14.2. The summed E-state index contributed by atoms with van der Waals surface area (Å²) in [6.45, 7) is 8.67. The average Bonchev–Trinajstić information content (AvgIpc) is 3.66. The van der Waals surface area contributed by atoms with Gasteiger partial charge < -0.3 is 34.1 Å². The minimum Gasteiger partial charge on any atom is -0.497 e. The fraction of sp³-hybridized carbons (Fsp3) is 0.706. The molecule has 2 saturated heterocycles. The molecule has 1 amide bonds. The molecular weight excluding hydrogens is 564 g/mol. The number of hydrogen-bond donors (Lipinski definition) is 2. The van der Waals surface area contributed by atoms with Crippen LogP contribution in [0.5, 0.6) is 11.5 Å². The summed E-state index contributed by atoms with van der Waals surface area (Å²) >= 11 is 0. The molecule has 0 saturated carbocycles. The van der Waals surface area contributed by atoms with E-state index in [1.54, 1.807) is 25.9 Å². The van der Waals surface area contributed by atoms with Gasteiger partial charge in [-0.1, -0.05) is 6.92 Å². The number of aliphatic hydroxyl groups is 2. The molecule has 5 atom stereocenters. The zero-order valence-corrected chi connectivity index (χ0v) is 26.6. The van der Waals surface area contributed by atoms with Crippen molar-refractivity contribution in [2.24, 2.45) is 5.92 Å². The van der Waals surface area contributed by atoms with Gasteiger partial charge in [-0.05, 0) is 107 Å². The van der Waals surface area contributed by atoms with E-state index in [1.807, 2.05) is 12.1 Å². The number of rotatable bonds is 9. The number of benzene rings is 1. The zero-order valence-electron chi connectivity index (χ0n) is 26.6. The molecule has 1 aliphatic carbocycles. The lowest BCUT2D eigenvalue weighted by molar-refractivity contribution is -0.177. The minimum atomic E-state index is -2.05. The van der Waals surface area contributed by atoms with Crippen LogP contribution in [0.15, 0.2) is 24.0 Å². The summed E-state index contributed by atoms with van der Waals surface area (Å²) in [5, 5.41) is 22.4.